The summed E-state index contributed by atoms with van der Waals surface area (Å²) in [6.45, 7) is -0.460. The summed E-state index contributed by atoms with van der Waals surface area (Å²) in [5.74, 6) is -2.01. The maximum Gasteiger partial charge on any atom is 0.573 e. The van der Waals surface area contributed by atoms with Crippen molar-refractivity contribution in [2.24, 2.45) is 0 Å². The Bertz CT molecular complexity index is 859. The van der Waals surface area contributed by atoms with Crippen molar-refractivity contribution in [2.75, 3.05) is 23.8 Å². The number of carbonyl (C=O) groups is 2. The van der Waals surface area contributed by atoms with Crippen molar-refractivity contribution in [3.8, 4) is 5.75 Å². The lowest BCUT2D eigenvalue weighted by Gasteiger charge is -2.15. The van der Waals surface area contributed by atoms with Gasteiger partial charge >= 0.3 is 12.4 Å². The fourth-order valence-electron chi connectivity index (χ4n) is 2.14. The van der Waals surface area contributed by atoms with Crippen LogP contribution in [0.3, 0.4) is 0 Å². The topological polar surface area (TPSA) is 99.7 Å². The molecule has 0 spiro atoms. The number of amides is 3. The molecule has 0 radical (unpaired) electrons. The third-order valence-electron chi connectivity index (χ3n) is 3.20. The van der Waals surface area contributed by atoms with Crippen LogP contribution < -0.4 is 20.7 Å². The van der Waals surface area contributed by atoms with E-state index in [1.807, 2.05) is 0 Å². The first-order chi connectivity index (χ1) is 13.2. The number of hydrogen-bond donors (Lipinski definition) is 4. The molecule has 2 aromatic rings. The van der Waals surface area contributed by atoms with Crippen LogP contribution in [0.1, 0.15) is 10.4 Å². The van der Waals surface area contributed by atoms with E-state index < -0.39 is 29.9 Å². The molecular formula is C17H15F4N3O4. The molecule has 0 saturated heterocycles. The van der Waals surface area contributed by atoms with E-state index in [-0.39, 0.29) is 30.1 Å². The van der Waals surface area contributed by atoms with Gasteiger partial charge in [0.2, 0.25) is 0 Å². The van der Waals surface area contributed by atoms with E-state index in [2.05, 4.69) is 20.7 Å². The number of carbonyl (C=O) groups excluding carboxylic acids is 2. The standard InChI is InChI=1S/C17H15F4N3O4/c18-10-2-1-3-11(8-10)23-16(27)24-14-9-12(28-17(19,20)21)4-5-13(14)15(26)22-6-7-25/h1-5,8-9,25H,6-7H2,(H,22,26)(H2,23,24,27). The van der Waals surface area contributed by atoms with Gasteiger partial charge in [0.05, 0.1) is 17.9 Å². The first-order valence-electron chi connectivity index (χ1n) is 7.80. The molecule has 3 amide bonds. The van der Waals surface area contributed by atoms with E-state index >= 15 is 0 Å². The SMILES string of the molecule is O=C(Nc1cccc(F)c1)Nc1cc(OC(F)(F)F)ccc1C(=O)NCCO. The van der Waals surface area contributed by atoms with Crippen LogP contribution in [-0.4, -0.2) is 36.6 Å². The van der Waals surface area contributed by atoms with E-state index in [9.17, 15) is 27.2 Å². The largest absolute Gasteiger partial charge is 0.573 e. The number of hydrogen-bond acceptors (Lipinski definition) is 4. The highest BCUT2D eigenvalue weighted by Crippen LogP contribution is 2.28. The van der Waals surface area contributed by atoms with Gasteiger partial charge in [-0.2, -0.15) is 0 Å². The lowest BCUT2D eigenvalue weighted by molar-refractivity contribution is -0.274. The van der Waals surface area contributed by atoms with Crippen molar-refractivity contribution in [3.05, 3.63) is 53.8 Å². The number of ether oxygens (including phenoxy) is 1. The molecule has 0 atom stereocenters. The lowest BCUT2D eigenvalue weighted by Crippen LogP contribution is -2.28. The van der Waals surface area contributed by atoms with E-state index in [4.69, 9.17) is 5.11 Å². The average molecular weight is 401 g/mol. The zero-order chi connectivity index (χ0) is 20.7. The molecule has 0 unspecified atom stereocenters. The molecular weight excluding hydrogens is 386 g/mol. The third kappa shape index (κ3) is 6.43. The molecule has 0 aliphatic rings. The van der Waals surface area contributed by atoms with Crippen molar-refractivity contribution < 1.29 is 37.0 Å². The van der Waals surface area contributed by atoms with Crippen molar-refractivity contribution >= 4 is 23.3 Å². The van der Waals surface area contributed by atoms with Gasteiger partial charge in [-0.05, 0) is 30.3 Å². The third-order valence-corrected chi connectivity index (χ3v) is 3.20. The molecule has 7 nitrogen and oxygen atoms in total. The molecule has 11 heteroatoms. The van der Waals surface area contributed by atoms with Crippen molar-refractivity contribution in [1.82, 2.24) is 5.32 Å². The highest BCUT2D eigenvalue weighted by atomic mass is 19.4. The van der Waals surface area contributed by atoms with Crippen LogP contribution in [0.4, 0.5) is 33.7 Å². The van der Waals surface area contributed by atoms with Gasteiger partial charge in [0.25, 0.3) is 5.91 Å². The zero-order valence-corrected chi connectivity index (χ0v) is 14.1. The van der Waals surface area contributed by atoms with Crippen LogP contribution in [0.2, 0.25) is 0 Å². The Morgan fingerprint density at radius 3 is 2.46 bits per heavy atom. The van der Waals surface area contributed by atoms with Gasteiger partial charge in [-0.3, -0.25) is 4.79 Å². The maximum absolute atomic E-state index is 13.2. The number of rotatable bonds is 6. The molecule has 0 aromatic heterocycles. The summed E-state index contributed by atoms with van der Waals surface area (Å²) in [5.41, 5.74) is -0.366. The van der Waals surface area contributed by atoms with Crippen LogP contribution in [0, 0.1) is 5.82 Å². The minimum atomic E-state index is -4.97. The summed E-state index contributed by atoms with van der Waals surface area (Å²) < 4.78 is 54.2. The van der Waals surface area contributed by atoms with Crippen molar-refractivity contribution in [3.63, 3.8) is 0 Å². The molecule has 2 rings (SSSR count). The zero-order valence-electron chi connectivity index (χ0n) is 14.1. The summed E-state index contributed by atoms with van der Waals surface area (Å²) in [7, 11) is 0. The van der Waals surface area contributed by atoms with E-state index in [1.165, 1.54) is 12.1 Å². The number of urea groups is 1. The number of nitrogens with one attached hydrogen (secondary N) is 3. The fraction of sp³-hybridized carbons (Fsp3) is 0.176. The molecule has 0 fully saturated rings. The number of aliphatic hydroxyl groups excluding tert-OH is 1. The van der Waals surface area contributed by atoms with Gasteiger partial charge in [-0.15, -0.1) is 13.2 Å². The first-order valence-corrected chi connectivity index (χ1v) is 7.80. The normalized spacial score (nSPS) is 10.9. The van der Waals surface area contributed by atoms with E-state index in [1.54, 1.807) is 0 Å². The second kappa shape index (κ2) is 9.04. The number of aliphatic hydroxyl groups is 1. The molecule has 0 saturated carbocycles. The van der Waals surface area contributed by atoms with Gasteiger partial charge in [0.1, 0.15) is 11.6 Å². The van der Waals surface area contributed by atoms with Gasteiger partial charge in [0, 0.05) is 18.3 Å². The average Bonchev–Trinajstić information content (AvgIpc) is 2.58. The second-order valence-corrected chi connectivity index (χ2v) is 5.32. The summed E-state index contributed by atoms with van der Waals surface area (Å²) in [5, 5.41) is 15.6. The highest BCUT2D eigenvalue weighted by molar-refractivity contribution is 6.06. The highest BCUT2D eigenvalue weighted by Gasteiger charge is 2.31. The Kier molecular flexibility index (Phi) is 6.77. The Morgan fingerprint density at radius 1 is 1.07 bits per heavy atom. The Morgan fingerprint density at radius 2 is 1.82 bits per heavy atom. The van der Waals surface area contributed by atoms with Crippen molar-refractivity contribution in [2.45, 2.75) is 6.36 Å². The van der Waals surface area contributed by atoms with E-state index in [0.717, 1.165) is 30.3 Å². The molecule has 4 N–H and O–H groups in total. The van der Waals surface area contributed by atoms with Crippen LogP contribution in [0.5, 0.6) is 5.75 Å². The second-order valence-electron chi connectivity index (χ2n) is 5.32. The Hall–Kier alpha value is -3.34. The van der Waals surface area contributed by atoms with Crippen LogP contribution in [-0.2, 0) is 0 Å². The minimum Gasteiger partial charge on any atom is -0.406 e. The summed E-state index contributed by atoms with van der Waals surface area (Å²) >= 11 is 0. The molecule has 150 valence electrons. The predicted octanol–water partition coefficient (Wildman–Crippen LogP) is 3.09. The van der Waals surface area contributed by atoms with Crippen LogP contribution in [0.25, 0.3) is 0 Å². The number of anilines is 2. The van der Waals surface area contributed by atoms with E-state index in [0.29, 0.717) is 0 Å². The maximum atomic E-state index is 13.2. The number of benzene rings is 2. The molecule has 28 heavy (non-hydrogen) atoms. The van der Waals surface area contributed by atoms with Crippen molar-refractivity contribution in [1.29, 1.82) is 0 Å². The number of halogens is 4. The monoisotopic (exact) mass is 401 g/mol. The number of alkyl halides is 3. The lowest BCUT2D eigenvalue weighted by atomic mass is 10.1. The summed E-state index contributed by atoms with van der Waals surface area (Å²) in [4.78, 5) is 24.2. The Balaban J connectivity index is 2.25. The molecule has 0 bridgehead atoms. The molecule has 0 heterocycles. The van der Waals surface area contributed by atoms with Crippen LogP contribution >= 0.6 is 0 Å². The molecule has 2 aromatic carbocycles. The van der Waals surface area contributed by atoms with Gasteiger partial charge in [-0.25, -0.2) is 9.18 Å². The van der Waals surface area contributed by atoms with Gasteiger partial charge in [-0.1, -0.05) is 6.07 Å². The predicted molar refractivity (Wildman–Crippen MR) is 91.6 cm³/mol. The minimum absolute atomic E-state index is 0.0893. The summed E-state index contributed by atoms with van der Waals surface area (Å²) in [6, 6.07) is 6.72. The smallest absolute Gasteiger partial charge is 0.406 e. The Labute approximate surface area is 156 Å². The van der Waals surface area contributed by atoms with Crippen LogP contribution in [0.15, 0.2) is 42.5 Å². The first kappa shape index (κ1) is 21.0. The quantitative estimate of drug-likeness (QED) is 0.559. The molecule has 0 aliphatic carbocycles. The fourth-order valence-corrected chi connectivity index (χ4v) is 2.14. The van der Waals surface area contributed by atoms with Gasteiger partial charge < -0.3 is 25.8 Å². The summed E-state index contributed by atoms with van der Waals surface area (Å²) in [6.07, 6.45) is -4.97. The van der Waals surface area contributed by atoms with Gasteiger partial charge in [0.15, 0.2) is 0 Å². The molecule has 0 aliphatic heterocycles.